The Morgan fingerprint density at radius 2 is 1.93 bits per heavy atom. The van der Waals surface area contributed by atoms with Crippen molar-refractivity contribution in [2.75, 3.05) is 0 Å². The smallest absolute Gasteiger partial charge is 0.151 e. The van der Waals surface area contributed by atoms with Gasteiger partial charge in [-0.3, -0.25) is 4.40 Å². The number of para-hydroxylation sites is 1. The summed E-state index contributed by atoms with van der Waals surface area (Å²) in [6.07, 6.45) is 7.40. The summed E-state index contributed by atoms with van der Waals surface area (Å²) < 4.78 is 16.1. The predicted molar refractivity (Wildman–Crippen MR) is 112 cm³/mol. The quantitative estimate of drug-likeness (QED) is 0.354. The summed E-state index contributed by atoms with van der Waals surface area (Å²) in [5, 5.41) is 4.90. The van der Waals surface area contributed by atoms with Gasteiger partial charge in [0.15, 0.2) is 5.82 Å². The maximum atomic E-state index is 14.2. The highest BCUT2D eigenvalue weighted by molar-refractivity contribution is 6.19. The molecule has 0 aliphatic heterocycles. The van der Waals surface area contributed by atoms with Crippen molar-refractivity contribution < 1.29 is 4.39 Å². The van der Waals surface area contributed by atoms with Crippen molar-refractivity contribution in [1.29, 1.82) is 0 Å². The zero-order valence-corrected chi connectivity index (χ0v) is 14.8. The Morgan fingerprint density at radius 3 is 2.89 bits per heavy atom. The van der Waals surface area contributed by atoms with Gasteiger partial charge in [-0.25, -0.2) is 9.37 Å². The van der Waals surface area contributed by atoms with Gasteiger partial charge in [0.25, 0.3) is 0 Å². The molecule has 0 saturated carbocycles. The van der Waals surface area contributed by atoms with E-state index in [2.05, 4.69) is 52.5 Å². The second-order valence-corrected chi connectivity index (χ2v) is 7.51. The van der Waals surface area contributed by atoms with Gasteiger partial charge < -0.3 is 4.98 Å². The van der Waals surface area contributed by atoms with Crippen molar-refractivity contribution in [1.82, 2.24) is 14.4 Å². The number of nitrogens with zero attached hydrogens (tertiary/aromatic N) is 2. The monoisotopic (exact) mass is 363 g/mol. The van der Waals surface area contributed by atoms with Crippen molar-refractivity contribution in [2.24, 2.45) is 0 Å². The maximum absolute atomic E-state index is 14.2. The van der Waals surface area contributed by atoms with E-state index in [4.69, 9.17) is 0 Å². The van der Waals surface area contributed by atoms with Crippen molar-refractivity contribution in [3.63, 3.8) is 0 Å². The average molecular weight is 363 g/mol. The zero-order chi connectivity index (χ0) is 18.4. The topological polar surface area (TPSA) is 33.1 Å². The molecule has 0 atom stereocenters. The van der Waals surface area contributed by atoms with E-state index in [1.807, 2.05) is 16.7 Å². The molecule has 3 nitrogen and oxygen atoms in total. The lowest BCUT2D eigenvalue weighted by Gasteiger charge is -2.13. The molecule has 3 aromatic heterocycles. The molecule has 132 valence electrons. The standard InChI is InChI=1S/C24H14FN3/c25-18-8-3-9-20-24(18)27-21-11-16-17-10-14-6-1-4-13-5-2-7-15(22(13)14)23(17)26-19(16)12-28(20)21/h1-5,7-12,26H,6H2. The molecule has 4 heteroatoms. The van der Waals surface area contributed by atoms with Gasteiger partial charge in [0.05, 0.1) is 16.6 Å². The number of hydrogen-bond donors (Lipinski definition) is 1. The number of allylic oxidation sites excluding steroid dienone is 1. The Bertz CT molecular complexity index is 1650. The SMILES string of the molecule is Fc1cccc2c1nc1cc3c(cn12)[nH]c1c2cccc4c2c(cc31)CC=C4. The third kappa shape index (κ3) is 1.66. The molecule has 3 heterocycles. The van der Waals surface area contributed by atoms with Crippen LogP contribution < -0.4 is 0 Å². The van der Waals surface area contributed by atoms with Crippen molar-refractivity contribution in [3.05, 3.63) is 77.7 Å². The van der Waals surface area contributed by atoms with Crippen molar-refractivity contribution >= 4 is 55.3 Å². The first-order valence-electron chi connectivity index (χ1n) is 9.41. The highest BCUT2D eigenvalue weighted by atomic mass is 19.1. The molecule has 0 saturated heterocycles. The summed E-state index contributed by atoms with van der Waals surface area (Å²) in [5.74, 6) is -0.288. The predicted octanol–water partition coefficient (Wildman–Crippen LogP) is 5.98. The number of fused-ring (bicyclic) bond motifs is 7. The van der Waals surface area contributed by atoms with Gasteiger partial charge in [-0.1, -0.05) is 36.4 Å². The summed E-state index contributed by atoms with van der Waals surface area (Å²) in [6, 6.07) is 15.9. The molecule has 7 rings (SSSR count). The van der Waals surface area contributed by atoms with E-state index in [0.717, 1.165) is 34.0 Å². The van der Waals surface area contributed by atoms with Gasteiger partial charge in [0.2, 0.25) is 0 Å². The van der Waals surface area contributed by atoms with E-state index >= 15 is 0 Å². The molecule has 0 fully saturated rings. The van der Waals surface area contributed by atoms with Gasteiger partial charge in [-0.2, -0.15) is 0 Å². The van der Waals surface area contributed by atoms with Crippen LogP contribution in [-0.2, 0) is 6.42 Å². The summed E-state index contributed by atoms with van der Waals surface area (Å²) >= 11 is 0. The van der Waals surface area contributed by atoms with Crippen LogP contribution in [0.2, 0.25) is 0 Å². The van der Waals surface area contributed by atoms with Gasteiger partial charge >= 0.3 is 0 Å². The number of pyridine rings is 1. The lowest BCUT2D eigenvalue weighted by Crippen LogP contribution is -1.93. The first kappa shape index (κ1) is 14.4. The fourth-order valence-corrected chi connectivity index (χ4v) is 4.76. The number of aromatic amines is 1. The number of nitrogens with one attached hydrogen (secondary N) is 1. The fraction of sp³-hybridized carbons (Fsp3) is 0.0417. The van der Waals surface area contributed by atoms with E-state index in [0.29, 0.717) is 5.52 Å². The van der Waals surface area contributed by atoms with Crippen molar-refractivity contribution in [2.45, 2.75) is 6.42 Å². The molecule has 0 spiro atoms. The van der Waals surface area contributed by atoms with Crippen LogP contribution in [0.5, 0.6) is 0 Å². The van der Waals surface area contributed by atoms with Crippen LogP contribution in [0.15, 0.2) is 60.8 Å². The second kappa shape index (κ2) is 4.78. The van der Waals surface area contributed by atoms with Crippen LogP contribution in [0, 0.1) is 5.82 Å². The number of aromatic nitrogens is 3. The van der Waals surface area contributed by atoms with Crippen molar-refractivity contribution in [3.8, 4) is 0 Å². The second-order valence-electron chi connectivity index (χ2n) is 7.51. The number of H-pyrrole nitrogens is 1. The molecular weight excluding hydrogens is 349 g/mol. The van der Waals surface area contributed by atoms with E-state index in [9.17, 15) is 4.39 Å². The Labute approximate surface area is 158 Å². The van der Waals surface area contributed by atoms with E-state index in [1.165, 1.54) is 33.4 Å². The molecule has 1 N–H and O–H groups in total. The minimum absolute atomic E-state index is 0.288. The molecule has 0 bridgehead atoms. The molecular formula is C24H14FN3. The Morgan fingerprint density at radius 1 is 1.00 bits per heavy atom. The first-order chi connectivity index (χ1) is 13.8. The van der Waals surface area contributed by atoms with Gasteiger partial charge in [0, 0.05) is 22.4 Å². The highest BCUT2D eigenvalue weighted by Gasteiger charge is 2.17. The minimum atomic E-state index is -0.288. The summed E-state index contributed by atoms with van der Waals surface area (Å²) in [4.78, 5) is 8.16. The molecule has 0 unspecified atom stereocenters. The van der Waals surface area contributed by atoms with Crippen LogP contribution in [0.3, 0.4) is 0 Å². The molecule has 0 amide bonds. The number of imidazole rings is 1. The number of benzene rings is 3. The van der Waals surface area contributed by atoms with Crippen LogP contribution in [-0.4, -0.2) is 14.4 Å². The normalized spacial score (nSPS) is 13.6. The largest absolute Gasteiger partial charge is 0.353 e. The Hall–Kier alpha value is -3.66. The van der Waals surface area contributed by atoms with Gasteiger partial charge in [-0.15, -0.1) is 0 Å². The van der Waals surface area contributed by atoms with Crippen LogP contribution in [0.4, 0.5) is 4.39 Å². The van der Waals surface area contributed by atoms with Crippen LogP contribution in [0.25, 0.3) is 55.3 Å². The van der Waals surface area contributed by atoms with E-state index < -0.39 is 0 Å². The van der Waals surface area contributed by atoms with Crippen LogP contribution >= 0.6 is 0 Å². The Balaban J connectivity index is 1.68. The number of hydrogen-bond acceptors (Lipinski definition) is 1. The molecule has 1 aliphatic rings. The Kier molecular flexibility index (Phi) is 2.46. The maximum Gasteiger partial charge on any atom is 0.151 e. The summed E-state index contributed by atoms with van der Waals surface area (Å²) in [7, 11) is 0. The summed E-state index contributed by atoms with van der Waals surface area (Å²) in [5.41, 5.74) is 6.75. The highest BCUT2D eigenvalue weighted by Crippen LogP contribution is 2.38. The lowest BCUT2D eigenvalue weighted by atomic mass is 9.91. The molecule has 1 aliphatic carbocycles. The molecule has 3 aromatic carbocycles. The molecule has 0 radical (unpaired) electrons. The van der Waals surface area contributed by atoms with Gasteiger partial charge in [-0.05, 0) is 47.2 Å². The zero-order valence-electron chi connectivity index (χ0n) is 14.8. The number of rotatable bonds is 0. The first-order valence-corrected chi connectivity index (χ1v) is 9.41. The average Bonchev–Trinajstić information content (AvgIpc) is 3.26. The van der Waals surface area contributed by atoms with E-state index in [1.54, 1.807) is 6.07 Å². The minimum Gasteiger partial charge on any atom is -0.353 e. The lowest BCUT2D eigenvalue weighted by molar-refractivity contribution is 0.637. The summed E-state index contributed by atoms with van der Waals surface area (Å²) in [6.45, 7) is 0. The third-order valence-corrected chi connectivity index (χ3v) is 5.98. The van der Waals surface area contributed by atoms with Gasteiger partial charge in [0.1, 0.15) is 11.2 Å². The van der Waals surface area contributed by atoms with Crippen LogP contribution in [0.1, 0.15) is 11.1 Å². The molecule has 6 aromatic rings. The third-order valence-electron chi connectivity index (χ3n) is 5.98. The fourth-order valence-electron chi connectivity index (χ4n) is 4.76. The number of halogens is 1. The molecule has 28 heavy (non-hydrogen) atoms. The van der Waals surface area contributed by atoms with E-state index in [-0.39, 0.29) is 5.82 Å².